The Morgan fingerprint density at radius 1 is 0.860 bits per heavy atom. The minimum absolute atomic E-state index is 0.125. The first-order chi connectivity index (χ1) is 20.4. The van der Waals surface area contributed by atoms with Crippen molar-refractivity contribution in [2.24, 2.45) is 0 Å². The molecular weight excluding hydrogens is 583 g/mol. The molecule has 0 saturated carbocycles. The van der Waals surface area contributed by atoms with Crippen molar-refractivity contribution in [1.29, 1.82) is 0 Å². The number of ether oxygens (including phenoxy) is 2. The van der Waals surface area contributed by atoms with Crippen LogP contribution in [0.3, 0.4) is 0 Å². The van der Waals surface area contributed by atoms with E-state index in [0.29, 0.717) is 30.3 Å². The fourth-order valence-corrected chi connectivity index (χ4v) is 5.96. The van der Waals surface area contributed by atoms with Gasteiger partial charge in [0.05, 0.1) is 37.7 Å². The molecule has 8 nitrogen and oxygen atoms in total. The highest BCUT2D eigenvalue weighted by Crippen LogP contribution is 2.34. The van der Waals surface area contributed by atoms with E-state index in [-0.39, 0.29) is 16.3 Å². The Kier molecular flexibility index (Phi) is 10.7. The molecule has 2 heterocycles. The Bertz CT molecular complexity index is 1470. The van der Waals surface area contributed by atoms with Gasteiger partial charge in [0.15, 0.2) is 0 Å². The second-order valence-electron chi connectivity index (χ2n) is 10.5. The van der Waals surface area contributed by atoms with E-state index < -0.39 is 27.7 Å². The lowest BCUT2D eigenvalue weighted by Crippen LogP contribution is -2.23. The van der Waals surface area contributed by atoms with Gasteiger partial charge >= 0.3 is 6.18 Å². The molecule has 43 heavy (non-hydrogen) atoms. The fourth-order valence-electron chi connectivity index (χ4n) is 4.66. The maximum absolute atomic E-state index is 13.4. The fraction of sp³-hybridized carbons (Fsp3) is 0.387. The zero-order chi connectivity index (χ0) is 31.0. The van der Waals surface area contributed by atoms with Crippen LogP contribution in [0.2, 0.25) is 0 Å². The van der Waals surface area contributed by atoms with Crippen molar-refractivity contribution >= 4 is 33.0 Å². The number of carbonyl (C=O) groups is 1. The van der Waals surface area contributed by atoms with Gasteiger partial charge in [-0.2, -0.15) is 13.2 Å². The molecule has 3 aromatic rings. The van der Waals surface area contributed by atoms with Crippen LogP contribution in [-0.2, 0) is 25.7 Å². The molecule has 2 saturated heterocycles. The minimum atomic E-state index is -4.61. The van der Waals surface area contributed by atoms with Crippen molar-refractivity contribution in [2.45, 2.75) is 43.7 Å². The van der Waals surface area contributed by atoms with Crippen LogP contribution in [0.4, 0.5) is 30.2 Å². The summed E-state index contributed by atoms with van der Waals surface area (Å²) in [7, 11) is -4.29. The van der Waals surface area contributed by atoms with Crippen LogP contribution in [0.15, 0.2) is 71.6 Å². The van der Waals surface area contributed by atoms with E-state index in [1.54, 1.807) is 24.3 Å². The van der Waals surface area contributed by atoms with Gasteiger partial charge in [0.1, 0.15) is 4.90 Å². The van der Waals surface area contributed by atoms with Crippen molar-refractivity contribution in [2.75, 3.05) is 54.5 Å². The molecule has 232 valence electrons. The molecule has 0 atom stereocenters. The Labute approximate surface area is 250 Å². The number of sulfonamides is 1. The largest absolute Gasteiger partial charge is 0.416 e. The standard InChI is InChI=1S/C27H28F3N3O3S.C4H8O2/c1-18(2)19-8-10-20(11-9-19)26(34)31-22-12-13-24(33-14-3-4-15-33)25(17-22)37(35,36)32-23-7-5-6-21(16-23)27(28,29)30;1-2-6-4-3-5-1/h5-13,16-18,32H,3-4,14-15H2,1-2H3,(H,31,34);1-4H2. The van der Waals surface area contributed by atoms with Crippen molar-refractivity contribution in [3.8, 4) is 0 Å². The third-order valence-electron chi connectivity index (χ3n) is 6.98. The van der Waals surface area contributed by atoms with Crippen molar-refractivity contribution in [3.63, 3.8) is 0 Å². The number of hydrogen-bond donors (Lipinski definition) is 2. The van der Waals surface area contributed by atoms with E-state index in [2.05, 4.69) is 10.0 Å². The first kappa shape index (κ1) is 32.3. The zero-order valence-corrected chi connectivity index (χ0v) is 24.9. The summed E-state index contributed by atoms with van der Waals surface area (Å²) in [6.07, 6.45) is -2.82. The van der Waals surface area contributed by atoms with Gasteiger partial charge < -0.3 is 19.7 Å². The van der Waals surface area contributed by atoms with E-state index in [4.69, 9.17) is 9.47 Å². The van der Waals surface area contributed by atoms with Gasteiger partial charge in [-0.25, -0.2) is 8.42 Å². The zero-order valence-electron chi connectivity index (χ0n) is 24.1. The summed E-state index contributed by atoms with van der Waals surface area (Å²) >= 11 is 0. The number of anilines is 3. The second-order valence-corrected chi connectivity index (χ2v) is 12.2. The van der Waals surface area contributed by atoms with Crippen LogP contribution < -0.4 is 14.9 Å². The quantitative estimate of drug-likeness (QED) is 0.313. The molecule has 1 amide bonds. The lowest BCUT2D eigenvalue weighted by atomic mass is 10.0. The lowest BCUT2D eigenvalue weighted by molar-refractivity contribution is -0.137. The monoisotopic (exact) mass is 619 g/mol. The van der Waals surface area contributed by atoms with Crippen molar-refractivity contribution in [1.82, 2.24) is 0 Å². The van der Waals surface area contributed by atoms with E-state index in [0.717, 1.165) is 63.0 Å². The number of amides is 1. The third kappa shape index (κ3) is 8.94. The molecule has 0 unspecified atom stereocenters. The van der Waals surface area contributed by atoms with Crippen LogP contribution in [0, 0.1) is 0 Å². The highest BCUT2D eigenvalue weighted by Gasteiger charge is 2.31. The summed E-state index contributed by atoms with van der Waals surface area (Å²) in [6.45, 7) is 8.51. The van der Waals surface area contributed by atoms with Crippen LogP contribution in [0.25, 0.3) is 0 Å². The molecule has 2 fully saturated rings. The van der Waals surface area contributed by atoms with Gasteiger partial charge in [-0.05, 0) is 72.9 Å². The molecule has 12 heteroatoms. The molecule has 0 bridgehead atoms. The Morgan fingerprint density at radius 2 is 1.49 bits per heavy atom. The number of halogens is 3. The predicted octanol–water partition coefficient (Wildman–Crippen LogP) is 6.52. The van der Waals surface area contributed by atoms with E-state index in [1.165, 1.54) is 12.1 Å². The maximum Gasteiger partial charge on any atom is 0.416 e. The number of nitrogens with one attached hydrogen (secondary N) is 2. The first-order valence-electron chi connectivity index (χ1n) is 14.1. The number of alkyl halides is 3. The summed E-state index contributed by atoms with van der Waals surface area (Å²) in [5.74, 6) is -0.0919. The van der Waals surface area contributed by atoms with E-state index >= 15 is 0 Å². The van der Waals surface area contributed by atoms with Crippen molar-refractivity contribution in [3.05, 3.63) is 83.4 Å². The SMILES string of the molecule is C1COCCO1.CC(C)c1ccc(C(=O)Nc2ccc(N3CCCC3)c(S(=O)(=O)Nc3cccc(C(F)(F)F)c3)c2)cc1. The molecule has 0 aliphatic carbocycles. The van der Waals surface area contributed by atoms with E-state index in [1.807, 2.05) is 30.9 Å². The van der Waals surface area contributed by atoms with Gasteiger partial charge in [0.2, 0.25) is 0 Å². The van der Waals surface area contributed by atoms with Gasteiger partial charge in [-0.3, -0.25) is 9.52 Å². The topological polar surface area (TPSA) is 97.0 Å². The van der Waals surface area contributed by atoms with Crippen LogP contribution in [-0.4, -0.2) is 53.8 Å². The van der Waals surface area contributed by atoms with Gasteiger partial charge in [-0.15, -0.1) is 0 Å². The average Bonchev–Trinajstić information content (AvgIpc) is 3.53. The minimum Gasteiger partial charge on any atom is -0.377 e. The molecule has 0 aromatic heterocycles. The van der Waals surface area contributed by atoms with E-state index in [9.17, 15) is 26.4 Å². The Balaban J connectivity index is 0.000000628. The number of nitrogens with zero attached hydrogens (tertiary/aromatic N) is 1. The van der Waals surface area contributed by atoms with Crippen LogP contribution in [0.1, 0.15) is 54.1 Å². The van der Waals surface area contributed by atoms with Gasteiger partial charge in [0, 0.05) is 30.0 Å². The lowest BCUT2D eigenvalue weighted by Gasteiger charge is -2.22. The molecule has 2 aliphatic rings. The summed E-state index contributed by atoms with van der Waals surface area (Å²) in [4.78, 5) is 14.6. The Hall–Kier alpha value is -3.61. The maximum atomic E-state index is 13.4. The molecule has 0 radical (unpaired) electrons. The number of benzene rings is 3. The highest BCUT2D eigenvalue weighted by atomic mass is 32.2. The van der Waals surface area contributed by atoms with Gasteiger partial charge in [-0.1, -0.05) is 32.0 Å². The number of carbonyl (C=O) groups excluding carboxylic acids is 1. The predicted molar refractivity (Wildman–Crippen MR) is 160 cm³/mol. The summed E-state index contributed by atoms with van der Waals surface area (Å²) in [5.41, 5.74) is 1.01. The summed E-state index contributed by atoms with van der Waals surface area (Å²) in [6, 6.07) is 15.7. The van der Waals surface area contributed by atoms with Crippen LogP contribution >= 0.6 is 0 Å². The Morgan fingerprint density at radius 3 is 2.05 bits per heavy atom. The molecule has 5 rings (SSSR count). The van der Waals surface area contributed by atoms with Crippen LogP contribution in [0.5, 0.6) is 0 Å². The number of hydrogen-bond acceptors (Lipinski definition) is 6. The molecule has 0 spiro atoms. The first-order valence-corrected chi connectivity index (χ1v) is 15.6. The summed E-state index contributed by atoms with van der Waals surface area (Å²) < 4.78 is 78.4. The third-order valence-corrected chi connectivity index (χ3v) is 8.39. The molecule has 2 aliphatic heterocycles. The van der Waals surface area contributed by atoms with Gasteiger partial charge in [0.25, 0.3) is 15.9 Å². The second kappa shape index (κ2) is 14.2. The van der Waals surface area contributed by atoms with Crippen molar-refractivity contribution < 1.29 is 35.9 Å². The molecular formula is C31H36F3N3O5S. The number of rotatable bonds is 7. The highest BCUT2D eigenvalue weighted by molar-refractivity contribution is 7.92. The molecule has 3 aromatic carbocycles. The summed E-state index contributed by atoms with van der Waals surface area (Å²) in [5, 5.41) is 2.73. The molecule has 2 N–H and O–H groups in total. The smallest absolute Gasteiger partial charge is 0.377 e. The average molecular weight is 620 g/mol. The normalized spacial score (nSPS) is 15.5.